The molecule has 0 amide bonds. The van der Waals surface area contributed by atoms with Gasteiger partial charge in [-0.15, -0.1) is 12.3 Å². The van der Waals surface area contributed by atoms with E-state index in [0.717, 1.165) is 12.8 Å². The summed E-state index contributed by atoms with van der Waals surface area (Å²) in [6.07, 6.45) is 7.13. The Hall–Kier alpha value is -0.880. The van der Waals surface area contributed by atoms with Crippen molar-refractivity contribution < 1.29 is 0 Å². The van der Waals surface area contributed by atoms with Crippen LogP contribution in [0.25, 0.3) is 0 Å². The first-order chi connectivity index (χ1) is 3.43. The zero-order valence-electron chi connectivity index (χ0n) is 4.07. The van der Waals surface area contributed by atoms with Crippen molar-refractivity contribution in [1.82, 2.24) is 0 Å². The second-order valence-corrected chi connectivity index (χ2v) is 1.58. The summed E-state index contributed by atoms with van der Waals surface area (Å²) in [4.78, 5) is 0. The van der Waals surface area contributed by atoms with Gasteiger partial charge in [-0.3, -0.25) is 0 Å². The van der Waals surface area contributed by atoms with Gasteiger partial charge in [-0.2, -0.15) is 0 Å². The summed E-state index contributed by atoms with van der Waals surface area (Å²) in [6.45, 7) is 0. The molecule has 0 saturated heterocycles. The highest BCUT2D eigenvalue weighted by molar-refractivity contribution is 5.19. The molecule has 1 atom stereocenters. The smallest absolute Gasteiger partial charge is 0.0817 e. The number of terminal acetylenes is 1. The number of rotatable bonds is 0. The van der Waals surface area contributed by atoms with Crippen LogP contribution in [-0.2, 0) is 0 Å². The van der Waals surface area contributed by atoms with E-state index in [4.69, 9.17) is 6.42 Å². The third kappa shape index (κ3) is 0.756. The molecule has 0 nitrogen and oxygen atoms in total. The first-order valence-corrected chi connectivity index (χ1v) is 2.38. The zero-order chi connectivity index (χ0) is 5.11. The van der Waals surface area contributed by atoms with Gasteiger partial charge in [-0.1, -0.05) is 11.8 Å². The van der Waals surface area contributed by atoms with Crippen molar-refractivity contribution in [3.8, 4) is 24.2 Å². The van der Waals surface area contributed by atoms with Gasteiger partial charge in [-0.25, -0.2) is 0 Å². The molecule has 0 aromatic carbocycles. The fourth-order valence-electron chi connectivity index (χ4n) is 0.609. The highest BCUT2D eigenvalue weighted by atomic mass is 14.0. The van der Waals surface area contributed by atoms with Crippen LogP contribution in [0.2, 0.25) is 0 Å². The summed E-state index contributed by atoms with van der Waals surface area (Å²) >= 11 is 0. The van der Waals surface area contributed by atoms with Gasteiger partial charge >= 0.3 is 0 Å². The average molecular weight is 90.1 g/mol. The van der Waals surface area contributed by atoms with Gasteiger partial charge in [0.1, 0.15) is 0 Å². The Morgan fingerprint density at radius 3 is 2.86 bits per heavy atom. The fourth-order valence-corrected chi connectivity index (χ4v) is 0.609. The van der Waals surface area contributed by atoms with Crippen LogP contribution in [0.4, 0.5) is 0 Å². The van der Waals surface area contributed by atoms with Gasteiger partial charge in [0.15, 0.2) is 0 Å². The van der Waals surface area contributed by atoms with Crippen molar-refractivity contribution in [2.45, 2.75) is 12.8 Å². The lowest BCUT2D eigenvalue weighted by Gasteiger charge is -1.87. The van der Waals surface area contributed by atoms with E-state index in [0.29, 0.717) is 0 Å². The molecule has 0 heteroatoms. The molecule has 0 heterocycles. The predicted molar refractivity (Wildman–Crippen MR) is 29.3 cm³/mol. The van der Waals surface area contributed by atoms with Gasteiger partial charge in [0.2, 0.25) is 0 Å². The molecular formula is C7H6. The van der Waals surface area contributed by atoms with E-state index >= 15 is 0 Å². The maximum absolute atomic E-state index is 5.08. The molecule has 34 valence electrons. The third-order valence-electron chi connectivity index (χ3n) is 1.04. The third-order valence-corrected chi connectivity index (χ3v) is 1.04. The molecule has 0 aromatic heterocycles. The van der Waals surface area contributed by atoms with Crippen LogP contribution in [0.1, 0.15) is 12.8 Å². The first kappa shape index (κ1) is 4.28. The molecule has 1 unspecified atom stereocenters. The molecule has 7 heavy (non-hydrogen) atoms. The molecule has 0 radical (unpaired) electrons. The van der Waals surface area contributed by atoms with Crippen LogP contribution in [0.5, 0.6) is 0 Å². The van der Waals surface area contributed by atoms with Gasteiger partial charge in [-0.05, 0) is 6.42 Å². The molecule has 1 aliphatic rings. The van der Waals surface area contributed by atoms with Gasteiger partial charge < -0.3 is 0 Å². The summed E-state index contributed by atoms with van der Waals surface area (Å²) < 4.78 is 0. The van der Waals surface area contributed by atoms with Crippen molar-refractivity contribution >= 4 is 0 Å². The second kappa shape index (κ2) is 1.71. The Balaban J connectivity index is 2.53. The summed E-state index contributed by atoms with van der Waals surface area (Å²) in [5.74, 6) is 8.71. The maximum Gasteiger partial charge on any atom is 0.0817 e. The SMILES string of the molecule is C#CC1C#CCC1. The van der Waals surface area contributed by atoms with Crippen LogP contribution < -0.4 is 0 Å². The van der Waals surface area contributed by atoms with E-state index in [2.05, 4.69) is 17.8 Å². The normalized spacial score (nSPS) is 25.3. The quantitative estimate of drug-likeness (QED) is 0.390. The van der Waals surface area contributed by atoms with Crippen LogP contribution in [0.3, 0.4) is 0 Å². The van der Waals surface area contributed by atoms with E-state index in [1.165, 1.54) is 0 Å². The molecule has 0 aliphatic heterocycles. The fraction of sp³-hybridized carbons (Fsp3) is 0.429. The van der Waals surface area contributed by atoms with Crippen LogP contribution in [0, 0.1) is 30.1 Å². The second-order valence-electron chi connectivity index (χ2n) is 1.58. The standard InChI is InChI=1S/C7H6/c1-2-7-5-3-4-6-7/h1,7H,3,5H2. The summed E-state index contributed by atoms with van der Waals surface area (Å²) in [5, 5.41) is 0. The van der Waals surface area contributed by atoms with Crippen molar-refractivity contribution in [3.05, 3.63) is 0 Å². The highest BCUT2D eigenvalue weighted by Crippen LogP contribution is 2.07. The lowest BCUT2D eigenvalue weighted by molar-refractivity contribution is 0.809. The zero-order valence-corrected chi connectivity index (χ0v) is 4.07. The number of hydrogen-bond acceptors (Lipinski definition) is 0. The molecule has 1 aliphatic carbocycles. The van der Waals surface area contributed by atoms with Crippen molar-refractivity contribution in [2.24, 2.45) is 5.92 Å². The molecule has 0 aromatic rings. The molecule has 1 rings (SSSR count). The van der Waals surface area contributed by atoms with Crippen LogP contribution >= 0.6 is 0 Å². The minimum absolute atomic E-state index is 0.264. The topological polar surface area (TPSA) is 0 Å². The first-order valence-electron chi connectivity index (χ1n) is 2.38. The van der Waals surface area contributed by atoms with E-state index in [-0.39, 0.29) is 5.92 Å². The highest BCUT2D eigenvalue weighted by Gasteiger charge is 2.01. The Labute approximate surface area is 43.9 Å². The van der Waals surface area contributed by atoms with Crippen LogP contribution in [-0.4, -0.2) is 0 Å². The van der Waals surface area contributed by atoms with E-state index in [1.807, 2.05) is 0 Å². The van der Waals surface area contributed by atoms with E-state index in [9.17, 15) is 0 Å². The van der Waals surface area contributed by atoms with Gasteiger partial charge in [0, 0.05) is 6.42 Å². The Kier molecular flexibility index (Phi) is 1.05. The van der Waals surface area contributed by atoms with Crippen molar-refractivity contribution in [2.75, 3.05) is 0 Å². The van der Waals surface area contributed by atoms with E-state index < -0.39 is 0 Å². The summed E-state index contributed by atoms with van der Waals surface area (Å²) in [7, 11) is 0. The molecular weight excluding hydrogens is 84.1 g/mol. The molecule has 0 bridgehead atoms. The minimum Gasteiger partial charge on any atom is -0.119 e. The van der Waals surface area contributed by atoms with Gasteiger partial charge in [0.05, 0.1) is 5.92 Å². The molecule has 0 saturated carbocycles. The molecule has 0 N–H and O–H groups in total. The Morgan fingerprint density at radius 2 is 2.57 bits per heavy atom. The Bertz CT molecular complexity index is 149. The monoisotopic (exact) mass is 90.0 g/mol. The largest absolute Gasteiger partial charge is 0.119 e. The van der Waals surface area contributed by atoms with Crippen molar-refractivity contribution in [3.63, 3.8) is 0 Å². The molecule has 0 fully saturated rings. The summed E-state index contributed by atoms with van der Waals surface area (Å²) in [6, 6.07) is 0. The number of hydrogen-bond donors (Lipinski definition) is 0. The minimum atomic E-state index is 0.264. The average Bonchev–Trinajstić information content (AvgIpc) is 2.14. The van der Waals surface area contributed by atoms with Crippen molar-refractivity contribution in [1.29, 1.82) is 0 Å². The van der Waals surface area contributed by atoms with Crippen LogP contribution in [0.15, 0.2) is 0 Å². The molecule has 0 spiro atoms. The lowest BCUT2D eigenvalue weighted by atomic mass is 10.1. The predicted octanol–water partition coefficient (Wildman–Crippen LogP) is 1.03. The summed E-state index contributed by atoms with van der Waals surface area (Å²) in [5.41, 5.74) is 0. The maximum atomic E-state index is 5.08. The lowest BCUT2D eigenvalue weighted by Crippen LogP contribution is -1.83. The Morgan fingerprint density at radius 1 is 1.71 bits per heavy atom. The van der Waals surface area contributed by atoms with E-state index in [1.54, 1.807) is 0 Å². The van der Waals surface area contributed by atoms with Gasteiger partial charge in [0.25, 0.3) is 0 Å².